The van der Waals surface area contributed by atoms with Crippen molar-refractivity contribution in [1.29, 1.82) is 0 Å². The summed E-state index contributed by atoms with van der Waals surface area (Å²) in [5.41, 5.74) is 3.14. The fourth-order valence-electron chi connectivity index (χ4n) is 3.81. The molecule has 33 heavy (non-hydrogen) atoms. The summed E-state index contributed by atoms with van der Waals surface area (Å²) in [6.45, 7) is 5.63. The Bertz CT molecular complexity index is 1010. The Morgan fingerprint density at radius 2 is 1.45 bits per heavy atom. The predicted molar refractivity (Wildman–Crippen MR) is 134 cm³/mol. The summed E-state index contributed by atoms with van der Waals surface area (Å²) in [6, 6.07) is 28.0. The number of nitrogens with zero attached hydrogens (tertiary/aromatic N) is 2. The molecule has 0 saturated carbocycles. The Kier molecular flexibility index (Phi) is 8.28. The second-order valence-electron chi connectivity index (χ2n) is 8.24. The van der Waals surface area contributed by atoms with E-state index < -0.39 is 0 Å². The fraction of sp³-hybridized carbons (Fsp3) is 0.250. The van der Waals surface area contributed by atoms with Crippen LogP contribution in [0.4, 0.5) is 5.69 Å². The molecule has 1 amide bonds. The van der Waals surface area contributed by atoms with Gasteiger partial charge in [0.15, 0.2) is 0 Å². The number of piperazine rings is 1. The van der Waals surface area contributed by atoms with Gasteiger partial charge in [-0.15, -0.1) is 0 Å². The van der Waals surface area contributed by atoms with Gasteiger partial charge in [-0.1, -0.05) is 72.8 Å². The van der Waals surface area contributed by atoms with Crippen LogP contribution in [0.25, 0.3) is 6.08 Å². The van der Waals surface area contributed by atoms with E-state index in [2.05, 4.69) is 51.5 Å². The lowest BCUT2D eigenvalue weighted by Gasteiger charge is -2.33. The molecular weight excluding hydrogens is 410 g/mol. The Hall–Kier alpha value is -3.41. The molecule has 5 nitrogen and oxygen atoms in total. The van der Waals surface area contributed by atoms with Gasteiger partial charge in [0.1, 0.15) is 12.4 Å². The summed E-state index contributed by atoms with van der Waals surface area (Å²) >= 11 is 0. The molecule has 1 aliphatic heterocycles. The molecule has 3 aromatic rings. The van der Waals surface area contributed by atoms with E-state index in [1.807, 2.05) is 60.7 Å². The van der Waals surface area contributed by atoms with Crippen molar-refractivity contribution in [3.63, 3.8) is 0 Å². The SMILES string of the molecule is O=C(CN1CCN(CC=Cc2ccccc2)CC1)Nc1ccc(OCc2ccccc2)cc1. The molecule has 0 aliphatic carbocycles. The van der Waals surface area contributed by atoms with E-state index in [-0.39, 0.29) is 5.91 Å². The van der Waals surface area contributed by atoms with Gasteiger partial charge >= 0.3 is 0 Å². The number of carbonyl (C=O) groups is 1. The highest BCUT2D eigenvalue weighted by molar-refractivity contribution is 5.92. The number of amides is 1. The first-order chi connectivity index (χ1) is 16.2. The van der Waals surface area contributed by atoms with Crippen LogP contribution in [0, 0.1) is 0 Å². The number of rotatable bonds is 9. The molecule has 1 N–H and O–H groups in total. The van der Waals surface area contributed by atoms with Crippen molar-refractivity contribution in [2.45, 2.75) is 6.61 Å². The molecule has 0 unspecified atom stereocenters. The first-order valence-electron chi connectivity index (χ1n) is 11.5. The van der Waals surface area contributed by atoms with Gasteiger partial charge in [-0.05, 0) is 35.4 Å². The monoisotopic (exact) mass is 441 g/mol. The molecule has 5 heteroatoms. The Morgan fingerprint density at radius 3 is 2.15 bits per heavy atom. The van der Waals surface area contributed by atoms with Crippen LogP contribution in [0.5, 0.6) is 5.75 Å². The first-order valence-corrected chi connectivity index (χ1v) is 11.5. The number of ether oxygens (including phenoxy) is 1. The van der Waals surface area contributed by atoms with Crippen LogP contribution >= 0.6 is 0 Å². The average molecular weight is 442 g/mol. The maximum Gasteiger partial charge on any atom is 0.238 e. The molecule has 1 saturated heterocycles. The van der Waals surface area contributed by atoms with Crippen molar-refractivity contribution in [2.24, 2.45) is 0 Å². The minimum atomic E-state index is 0.0189. The molecule has 0 radical (unpaired) electrons. The molecule has 3 aromatic carbocycles. The third kappa shape index (κ3) is 7.59. The van der Waals surface area contributed by atoms with Gasteiger partial charge in [-0.25, -0.2) is 0 Å². The van der Waals surface area contributed by atoms with Gasteiger partial charge in [0.25, 0.3) is 0 Å². The minimum Gasteiger partial charge on any atom is -0.489 e. The number of hydrogen-bond donors (Lipinski definition) is 1. The Balaban J connectivity index is 1.15. The molecule has 1 heterocycles. The molecule has 1 fully saturated rings. The minimum absolute atomic E-state index is 0.0189. The van der Waals surface area contributed by atoms with Gasteiger partial charge in [0, 0.05) is 38.4 Å². The van der Waals surface area contributed by atoms with Gasteiger partial charge < -0.3 is 10.1 Å². The summed E-state index contributed by atoms with van der Waals surface area (Å²) in [7, 11) is 0. The van der Waals surface area contributed by atoms with Crippen LogP contribution in [-0.2, 0) is 11.4 Å². The number of carbonyl (C=O) groups excluding carboxylic acids is 1. The van der Waals surface area contributed by atoms with Gasteiger partial charge in [-0.2, -0.15) is 0 Å². The lowest BCUT2D eigenvalue weighted by molar-refractivity contribution is -0.117. The zero-order valence-corrected chi connectivity index (χ0v) is 18.9. The van der Waals surface area contributed by atoms with Crippen LogP contribution in [-0.4, -0.2) is 55.0 Å². The normalized spacial score (nSPS) is 14.9. The van der Waals surface area contributed by atoms with E-state index in [0.717, 1.165) is 49.7 Å². The lowest BCUT2D eigenvalue weighted by Crippen LogP contribution is -2.48. The van der Waals surface area contributed by atoms with Crippen molar-refractivity contribution in [3.8, 4) is 5.75 Å². The van der Waals surface area contributed by atoms with Crippen LogP contribution in [0.2, 0.25) is 0 Å². The van der Waals surface area contributed by atoms with Gasteiger partial charge in [0.2, 0.25) is 5.91 Å². The van der Waals surface area contributed by atoms with Crippen molar-refractivity contribution >= 4 is 17.7 Å². The number of anilines is 1. The van der Waals surface area contributed by atoms with Crippen molar-refractivity contribution in [2.75, 3.05) is 44.6 Å². The maximum absolute atomic E-state index is 12.5. The topological polar surface area (TPSA) is 44.8 Å². The molecule has 4 rings (SSSR count). The summed E-state index contributed by atoms with van der Waals surface area (Å²) in [5, 5.41) is 2.99. The summed E-state index contributed by atoms with van der Waals surface area (Å²) in [6.07, 6.45) is 4.38. The largest absolute Gasteiger partial charge is 0.489 e. The quantitative estimate of drug-likeness (QED) is 0.530. The van der Waals surface area contributed by atoms with E-state index in [4.69, 9.17) is 4.74 Å². The summed E-state index contributed by atoms with van der Waals surface area (Å²) in [4.78, 5) is 17.1. The highest BCUT2D eigenvalue weighted by atomic mass is 16.5. The molecule has 1 aliphatic rings. The number of hydrogen-bond acceptors (Lipinski definition) is 4. The van der Waals surface area contributed by atoms with Crippen LogP contribution in [0.3, 0.4) is 0 Å². The van der Waals surface area contributed by atoms with E-state index in [1.165, 1.54) is 5.56 Å². The average Bonchev–Trinajstić information content (AvgIpc) is 2.86. The fourth-order valence-corrected chi connectivity index (χ4v) is 3.81. The van der Waals surface area contributed by atoms with E-state index >= 15 is 0 Å². The first kappa shape index (κ1) is 22.8. The third-order valence-electron chi connectivity index (χ3n) is 5.69. The van der Waals surface area contributed by atoms with Crippen LogP contribution < -0.4 is 10.1 Å². The standard InChI is InChI=1S/C28H31N3O2/c32-28(29-26-13-15-27(16-14-26)33-23-25-10-5-2-6-11-25)22-31-20-18-30(19-21-31)17-7-12-24-8-3-1-4-9-24/h1-16H,17-23H2,(H,29,32). The summed E-state index contributed by atoms with van der Waals surface area (Å²) in [5.74, 6) is 0.805. The third-order valence-corrected chi connectivity index (χ3v) is 5.69. The van der Waals surface area contributed by atoms with E-state index in [1.54, 1.807) is 0 Å². The maximum atomic E-state index is 12.5. The van der Waals surface area contributed by atoms with Crippen LogP contribution in [0.1, 0.15) is 11.1 Å². The smallest absolute Gasteiger partial charge is 0.238 e. The highest BCUT2D eigenvalue weighted by Crippen LogP contribution is 2.17. The highest BCUT2D eigenvalue weighted by Gasteiger charge is 2.18. The Labute approximate surface area is 196 Å². The second kappa shape index (κ2) is 12.0. The molecule has 0 bridgehead atoms. The molecule has 0 atom stereocenters. The molecule has 0 aromatic heterocycles. The van der Waals surface area contributed by atoms with Crippen molar-refractivity contribution in [1.82, 2.24) is 9.80 Å². The van der Waals surface area contributed by atoms with Crippen molar-refractivity contribution < 1.29 is 9.53 Å². The van der Waals surface area contributed by atoms with Gasteiger partial charge in [0.05, 0.1) is 6.54 Å². The predicted octanol–water partition coefficient (Wildman–Crippen LogP) is 4.54. The Morgan fingerprint density at radius 1 is 0.818 bits per heavy atom. The van der Waals surface area contributed by atoms with Crippen LogP contribution in [0.15, 0.2) is 91.0 Å². The zero-order chi connectivity index (χ0) is 22.7. The molecule has 0 spiro atoms. The zero-order valence-electron chi connectivity index (χ0n) is 18.9. The number of benzene rings is 3. The van der Waals surface area contributed by atoms with E-state index in [0.29, 0.717) is 13.2 Å². The second-order valence-corrected chi connectivity index (χ2v) is 8.24. The van der Waals surface area contributed by atoms with Gasteiger partial charge in [-0.3, -0.25) is 14.6 Å². The number of nitrogens with one attached hydrogen (secondary N) is 1. The molecular formula is C28H31N3O2. The van der Waals surface area contributed by atoms with Crippen molar-refractivity contribution in [3.05, 3.63) is 102 Å². The van der Waals surface area contributed by atoms with E-state index in [9.17, 15) is 4.79 Å². The summed E-state index contributed by atoms with van der Waals surface area (Å²) < 4.78 is 5.81. The molecule has 170 valence electrons. The lowest BCUT2D eigenvalue weighted by atomic mass is 10.2.